The first kappa shape index (κ1) is 36.4. The van der Waals surface area contributed by atoms with Crippen LogP contribution in [0.1, 0.15) is 51.7 Å². The summed E-state index contributed by atoms with van der Waals surface area (Å²) in [5.41, 5.74) is 11.7. The highest BCUT2D eigenvalue weighted by molar-refractivity contribution is 7.85. The summed E-state index contributed by atoms with van der Waals surface area (Å²) in [6, 6.07) is 15.6. The van der Waals surface area contributed by atoms with Crippen LogP contribution in [-0.2, 0) is 24.5 Å². The number of allylic oxidation sites excluding steroid dienone is 1. The Labute approximate surface area is 248 Å². The standard InChI is InChI=1S/C23H36N4O4.C7H8O3S/c1-16(2)13-20(22(29)25-27(15-17(3)4)21(28)14-24)19(23(30)26-31)12-8-11-18-9-6-5-7-10-18;1-6-2-4-7(5-3-6)11(8,9)10/h5-11,16-17,19-20,31H,12-15,24H2,1-4H3,(H,25,29)(H,26,30);2-5H,1H3,(H,8,9,10)/t19-,20+;/m0./s1. The number of nitrogens with two attached hydrogens (primary N) is 1. The quantitative estimate of drug-likeness (QED) is 0.139. The van der Waals surface area contributed by atoms with Gasteiger partial charge in [0, 0.05) is 6.54 Å². The molecule has 3 amide bonds. The van der Waals surface area contributed by atoms with E-state index in [1.54, 1.807) is 17.6 Å². The number of hydroxylamine groups is 1. The molecule has 232 valence electrons. The molecule has 42 heavy (non-hydrogen) atoms. The van der Waals surface area contributed by atoms with Crippen LogP contribution in [0.25, 0.3) is 6.08 Å². The first-order valence-corrected chi connectivity index (χ1v) is 15.1. The van der Waals surface area contributed by atoms with E-state index in [1.807, 2.05) is 77.1 Å². The number of aryl methyl sites for hydroxylation is 1. The summed E-state index contributed by atoms with van der Waals surface area (Å²) >= 11 is 0. The number of nitrogens with one attached hydrogen (secondary N) is 2. The molecule has 0 heterocycles. The molecule has 0 aromatic heterocycles. The Morgan fingerprint density at radius 3 is 2.00 bits per heavy atom. The molecule has 0 fully saturated rings. The number of hydrogen-bond donors (Lipinski definition) is 5. The Bertz CT molecular complexity index is 1260. The molecule has 0 aliphatic carbocycles. The molecule has 0 aliphatic heterocycles. The second kappa shape index (κ2) is 18.1. The summed E-state index contributed by atoms with van der Waals surface area (Å²) in [6.07, 6.45) is 4.34. The van der Waals surface area contributed by atoms with Crippen molar-refractivity contribution in [1.82, 2.24) is 15.9 Å². The lowest BCUT2D eigenvalue weighted by Gasteiger charge is -2.30. The fourth-order valence-corrected chi connectivity index (χ4v) is 4.51. The van der Waals surface area contributed by atoms with E-state index in [2.05, 4.69) is 5.43 Å². The minimum atomic E-state index is -4.02. The fraction of sp³-hybridized carbons (Fsp3) is 0.433. The minimum Gasteiger partial charge on any atom is -0.322 e. The average molecular weight is 605 g/mol. The number of rotatable bonds is 12. The van der Waals surface area contributed by atoms with Crippen LogP contribution in [0, 0.1) is 30.6 Å². The van der Waals surface area contributed by atoms with Gasteiger partial charge in [-0.2, -0.15) is 8.42 Å². The molecule has 2 aromatic carbocycles. The van der Waals surface area contributed by atoms with E-state index in [1.165, 1.54) is 17.1 Å². The van der Waals surface area contributed by atoms with Gasteiger partial charge in [-0.3, -0.25) is 34.6 Å². The number of carbonyl (C=O) groups is 3. The van der Waals surface area contributed by atoms with Gasteiger partial charge in [0.05, 0.1) is 23.3 Å². The molecule has 2 rings (SSSR count). The minimum absolute atomic E-state index is 0.0666. The van der Waals surface area contributed by atoms with E-state index < -0.39 is 39.7 Å². The van der Waals surface area contributed by atoms with Gasteiger partial charge >= 0.3 is 0 Å². The monoisotopic (exact) mass is 604 g/mol. The molecule has 2 atom stereocenters. The zero-order valence-corrected chi connectivity index (χ0v) is 25.7. The fourth-order valence-electron chi connectivity index (χ4n) is 4.03. The van der Waals surface area contributed by atoms with Crippen molar-refractivity contribution in [3.8, 4) is 0 Å². The van der Waals surface area contributed by atoms with E-state index in [-0.39, 0.29) is 29.7 Å². The molecular weight excluding hydrogens is 560 g/mol. The molecule has 11 nitrogen and oxygen atoms in total. The van der Waals surface area contributed by atoms with E-state index in [9.17, 15) is 28.0 Å². The molecular formula is C30H44N4O7S. The maximum absolute atomic E-state index is 13.2. The second-order valence-corrected chi connectivity index (χ2v) is 12.2. The first-order valence-electron chi connectivity index (χ1n) is 13.7. The van der Waals surface area contributed by atoms with Gasteiger partial charge in [0.1, 0.15) is 0 Å². The molecule has 0 bridgehead atoms. The molecule has 6 N–H and O–H groups in total. The number of benzene rings is 2. The largest absolute Gasteiger partial charge is 0.322 e. The van der Waals surface area contributed by atoms with Crippen LogP contribution in [0.3, 0.4) is 0 Å². The summed E-state index contributed by atoms with van der Waals surface area (Å²) in [6.45, 7) is 9.66. The van der Waals surface area contributed by atoms with E-state index in [0.29, 0.717) is 13.0 Å². The van der Waals surface area contributed by atoms with Gasteiger partial charge in [0.2, 0.25) is 11.8 Å². The van der Waals surface area contributed by atoms with Crippen molar-refractivity contribution < 1.29 is 32.6 Å². The predicted octanol–water partition coefficient (Wildman–Crippen LogP) is 3.59. The van der Waals surface area contributed by atoms with Crippen molar-refractivity contribution in [1.29, 1.82) is 0 Å². The molecule has 0 aliphatic rings. The predicted molar refractivity (Wildman–Crippen MR) is 161 cm³/mol. The smallest absolute Gasteiger partial charge is 0.294 e. The van der Waals surface area contributed by atoms with Crippen LogP contribution in [0.15, 0.2) is 65.6 Å². The summed E-state index contributed by atoms with van der Waals surface area (Å²) in [5, 5.41) is 10.5. The van der Waals surface area contributed by atoms with E-state index in [4.69, 9.17) is 10.3 Å². The topological polar surface area (TPSA) is 179 Å². The zero-order chi connectivity index (χ0) is 31.9. The number of carbonyl (C=O) groups excluding carboxylic acids is 3. The number of amides is 3. The summed E-state index contributed by atoms with van der Waals surface area (Å²) in [4.78, 5) is 37.7. The highest BCUT2D eigenvalue weighted by Crippen LogP contribution is 2.25. The van der Waals surface area contributed by atoms with Gasteiger partial charge in [-0.05, 0) is 49.3 Å². The van der Waals surface area contributed by atoms with Crippen molar-refractivity contribution in [3.05, 3.63) is 71.8 Å². The highest BCUT2D eigenvalue weighted by Gasteiger charge is 2.34. The maximum atomic E-state index is 13.2. The molecule has 0 unspecified atom stereocenters. The van der Waals surface area contributed by atoms with Crippen LogP contribution in [-0.4, -0.2) is 54.0 Å². The molecule has 0 spiro atoms. The van der Waals surface area contributed by atoms with Gasteiger partial charge in [-0.25, -0.2) is 5.48 Å². The maximum Gasteiger partial charge on any atom is 0.294 e. The van der Waals surface area contributed by atoms with Gasteiger partial charge in [-0.15, -0.1) is 0 Å². The zero-order valence-electron chi connectivity index (χ0n) is 24.9. The van der Waals surface area contributed by atoms with Crippen molar-refractivity contribution in [2.45, 2.75) is 52.4 Å². The van der Waals surface area contributed by atoms with Crippen LogP contribution in [0.2, 0.25) is 0 Å². The van der Waals surface area contributed by atoms with E-state index in [0.717, 1.165) is 11.1 Å². The third-order valence-corrected chi connectivity index (χ3v) is 6.95. The Hall–Kier alpha value is -3.58. The lowest BCUT2D eigenvalue weighted by atomic mass is 9.82. The van der Waals surface area contributed by atoms with Gasteiger partial charge in [0.25, 0.3) is 16.0 Å². The van der Waals surface area contributed by atoms with E-state index >= 15 is 0 Å². The Balaban J connectivity index is 0.000000666. The lowest BCUT2D eigenvalue weighted by Crippen LogP contribution is -2.53. The SMILES string of the molecule is CC(C)C[C@@H](C(=O)NN(CC(C)C)C(=O)CN)[C@H](CC=Cc1ccccc1)C(=O)NO.Cc1ccc(S(=O)(=O)O)cc1. The van der Waals surface area contributed by atoms with Crippen molar-refractivity contribution >= 4 is 33.9 Å². The third kappa shape index (κ3) is 13.4. The van der Waals surface area contributed by atoms with Gasteiger partial charge in [-0.1, -0.05) is 87.9 Å². The lowest BCUT2D eigenvalue weighted by molar-refractivity contribution is -0.147. The van der Waals surface area contributed by atoms with Crippen LogP contribution in [0.4, 0.5) is 0 Å². The van der Waals surface area contributed by atoms with Crippen LogP contribution >= 0.6 is 0 Å². The highest BCUT2D eigenvalue weighted by atomic mass is 32.2. The molecule has 12 heteroatoms. The van der Waals surface area contributed by atoms with Crippen molar-refractivity contribution in [2.24, 2.45) is 29.4 Å². The number of nitrogens with zero attached hydrogens (tertiary/aromatic N) is 1. The summed E-state index contributed by atoms with van der Waals surface area (Å²) < 4.78 is 29.6. The third-order valence-electron chi connectivity index (χ3n) is 6.08. The van der Waals surface area contributed by atoms with Gasteiger partial charge in [0.15, 0.2) is 0 Å². The average Bonchev–Trinajstić information content (AvgIpc) is 2.93. The van der Waals surface area contributed by atoms with Crippen LogP contribution in [0.5, 0.6) is 0 Å². The number of hydrazine groups is 1. The Morgan fingerprint density at radius 2 is 1.52 bits per heavy atom. The normalized spacial score (nSPS) is 12.8. The van der Waals surface area contributed by atoms with Gasteiger partial charge < -0.3 is 5.73 Å². The molecule has 2 aromatic rings. The van der Waals surface area contributed by atoms with Crippen molar-refractivity contribution in [2.75, 3.05) is 13.1 Å². The summed E-state index contributed by atoms with van der Waals surface area (Å²) in [7, 11) is -4.02. The Morgan fingerprint density at radius 1 is 0.929 bits per heavy atom. The van der Waals surface area contributed by atoms with Crippen molar-refractivity contribution in [3.63, 3.8) is 0 Å². The molecule has 0 saturated heterocycles. The molecule has 0 saturated carbocycles. The first-order chi connectivity index (χ1) is 19.7. The number of hydrogen-bond acceptors (Lipinski definition) is 7. The Kier molecular flexibility index (Phi) is 15.7. The molecule has 0 radical (unpaired) electrons. The second-order valence-electron chi connectivity index (χ2n) is 10.7. The summed E-state index contributed by atoms with van der Waals surface area (Å²) in [5.74, 6) is -2.81. The van der Waals surface area contributed by atoms with Crippen LogP contribution < -0.4 is 16.6 Å².